The van der Waals surface area contributed by atoms with E-state index in [9.17, 15) is 18.0 Å². The van der Waals surface area contributed by atoms with Crippen LogP contribution in [0.5, 0.6) is 5.75 Å². The second kappa shape index (κ2) is 5.14. The van der Waals surface area contributed by atoms with Crippen LogP contribution in [-0.4, -0.2) is 12.9 Å². The van der Waals surface area contributed by atoms with E-state index in [0.29, 0.717) is 6.07 Å². The van der Waals surface area contributed by atoms with Crippen LogP contribution in [-0.2, 0) is 0 Å². The van der Waals surface area contributed by atoms with Crippen molar-refractivity contribution in [2.45, 2.75) is 0 Å². The van der Waals surface area contributed by atoms with E-state index in [2.05, 4.69) is 0 Å². The molecule has 0 atom stereocenters. The zero-order valence-electron chi connectivity index (χ0n) is 9.91. The average molecular weight is 266 g/mol. The Kier molecular flexibility index (Phi) is 3.55. The predicted molar refractivity (Wildman–Crippen MR) is 62.7 cm³/mol. The Bertz CT molecular complexity index is 639. The van der Waals surface area contributed by atoms with Gasteiger partial charge in [-0.05, 0) is 30.3 Å². The Labute approximate surface area is 107 Å². The van der Waals surface area contributed by atoms with Crippen LogP contribution in [0.1, 0.15) is 15.9 Å². The molecular weight excluding hydrogens is 257 g/mol. The summed E-state index contributed by atoms with van der Waals surface area (Å²) in [4.78, 5) is 12.0. The number of halogens is 3. The fourth-order valence-corrected chi connectivity index (χ4v) is 1.64. The molecule has 2 nitrogen and oxygen atoms in total. The van der Waals surface area contributed by atoms with E-state index in [-0.39, 0.29) is 16.9 Å². The number of benzene rings is 2. The summed E-state index contributed by atoms with van der Waals surface area (Å²) in [6.07, 6.45) is 0. The lowest BCUT2D eigenvalue weighted by Crippen LogP contribution is -2.05. The van der Waals surface area contributed by atoms with Gasteiger partial charge in [-0.15, -0.1) is 0 Å². The van der Waals surface area contributed by atoms with Crippen LogP contribution in [0.15, 0.2) is 36.4 Å². The van der Waals surface area contributed by atoms with Gasteiger partial charge in [0.25, 0.3) is 0 Å². The number of ketones is 1. The van der Waals surface area contributed by atoms with Gasteiger partial charge in [0.05, 0.1) is 12.7 Å². The molecule has 2 aromatic rings. The topological polar surface area (TPSA) is 26.3 Å². The summed E-state index contributed by atoms with van der Waals surface area (Å²) in [7, 11) is 1.29. The molecule has 0 unspecified atom stereocenters. The van der Waals surface area contributed by atoms with Crippen molar-refractivity contribution in [2.24, 2.45) is 0 Å². The Balaban J connectivity index is 2.41. The Morgan fingerprint density at radius 3 is 2.32 bits per heavy atom. The summed E-state index contributed by atoms with van der Waals surface area (Å²) in [5.41, 5.74) is -0.352. The molecule has 98 valence electrons. The zero-order valence-corrected chi connectivity index (χ0v) is 9.91. The minimum Gasteiger partial charge on any atom is -0.494 e. The Morgan fingerprint density at radius 1 is 1.00 bits per heavy atom. The van der Waals surface area contributed by atoms with Crippen molar-refractivity contribution in [3.8, 4) is 5.75 Å². The van der Waals surface area contributed by atoms with E-state index in [1.165, 1.54) is 19.2 Å². The van der Waals surface area contributed by atoms with Crippen molar-refractivity contribution in [3.63, 3.8) is 0 Å². The van der Waals surface area contributed by atoms with Crippen LogP contribution >= 0.6 is 0 Å². The summed E-state index contributed by atoms with van der Waals surface area (Å²) >= 11 is 0. The molecule has 0 aliphatic carbocycles. The molecule has 2 aromatic carbocycles. The SMILES string of the molecule is COc1ccc(C(=O)c2ccc(F)cc2F)cc1F. The monoisotopic (exact) mass is 266 g/mol. The molecule has 0 saturated heterocycles. The molecule has 19 heavy (non-hydrogen) atoms. The van der Waals surface area contributed by atoms with Crippen molar-refractivity contribution in [3.05, 3.63) is 65.0 Å². The number of carbonyl (C=O) groups excluding carboxylic acids is 1. The molecule has 0 aliphatic rings. The first-order valence-corrected chi connectivity index (χ1v) is 5.36. The molecule has 0 aliphatic heterocycles. The van der Waals surface area contributed by atoms with Crippen LogP contribution in [0.3, 0.4) is 0 Å². The third-order valence-corrected chi connectivity index (χ3v) is 2.59. The van der Waals surface area contributed by atoms with Crippen LogP contribution < -0.4 is 4.74 Å². The van der Waals surface area contributed by atoms with Gasteiger partial charge in [0, 0.05) is 11.6 Å². The normalized spacial score (nSPS) is 10.3. The van der Waals surface area contributed by atoms with Crippen LogP contribution in [0.2, 0.25) is 0 Å². The summed E-state index contributed by atoms with van der Waals surface area (Å²) in [6, 6.07) is 6.12. The van der Waals surface area contributed by atoms with E-state index in [0.717, 1.165) is 18.2 Å². The third kappa shape index (κ3) is 2.59. The predicted octanol–water partition coefficient (Wildman–Crippen LogP) is 3.34. The quantitative estimate of drug-likeness (QED) is 0.796. The van der Waals surface area contributed by atoms with Gasteiger partial charge in [-0.3, -0.25) is 4.79 Å². The van der Waals surface area contributed by atoms with Crippen molar-refractivity contribution >= 4 is 5.78 Å². The highest BCUT2D eigenvalue weighted by atomic mass is 19.1. The van der Waals surface area contributed by atoms with Crippen molar-refractivity contribution in [1.82, 2.24) is 0 Å². The maximum atomic E-state index is 13.5. The van der Waals surface area contributed by atoms with Crippen molar-refractivity contribution in [2.75, 3.05) is 7.11 Å². The summed E-state index contributed by atoms with van der Waals surface area (Å²) in [5, 5.41) is 0. The average Bonchev–Trinajstić information content (AvgIpc) is 2.38. The number of rotatable bonds is 3. The molecule has 0 bridgehead atoms. The fraction of sp³-hybridized carbons (Fsp3) is 0.0714. The number of hydrogen-bond donors (Lipinski definition) is 0. The molecular formula is C14H9F3O2. The number of carbonyl (C=O) groups is 1. The van der Waals surface area contributed by atoms with Gasteiger partial charge in [-0.1, -0.05) is 0 Å². The van der Waals surface area contributed by atoms with Crippen molar-refractivity contribution in [1.29, 1.82) is 0 Å². The molecule has 0 fully saturated rings. The smallest absolute Gasteiger partial charge is 0.196 e. The van der Waals surface area contributed by atoms with Gasteiger partial charge >= 0.3 is 0 Å². The van der Waals surface area contributed by atoms with Gasteiger partial charge in [0.1, 0.15) is 11.6 Å². The molecule has 0 radical (unpaired) electrons. The number of ether oxygens (including phenoxy) is 1. The molecule has 0 N–H and O–H groups in total. The lowest BCUT2D eigenvalue weighted by Gasteiger charge is -2.05. The van der Waals surface area contributed by atoms with Crippen LogP contribution in [0, 0.1) is 17.5 Å². The molecule has 0 spiro atoms. The Morgan fingerprint density at radius 2 is 1.74 bits per heavy atom. The lowest BCUT2D eigenvalue weighted by molar-refractivity contribution is 0.103. The first-order chi connectivity index (χ1) is 9.02. The second-order valence-electron chi connectivity index (χ2n) is 3.80. The van der Waals surface area contributed by atoms with Gasteiger partial charge in [0.15, 0.2) is 17.3 Å². The van der Waals surface area contributed by atoms with Gasteiger partial charge < -0.3 is 4.74 Å². The highest BCUT2D eigenvalue weighted by Gasteiger charge is 2.16. The minimum absolute atomic E-state index is 0.0175. The molecule has 0 heterocycles. The third-order valence-electron chi connectivity index (χ3n) is 2.59. The zero-order chi connectivity index (χ0) is 14.0. The number of methoxy groups -OCH3 is 1. The van der Waals surface area contributed by atoms with Gasteiger partial charge in [-0.25, -0.2) is 13.2 Å². The molecule has 0 amide bonds. The fourth-order valence-electron chi connectivity index (χ4n) is 1.64. The maximum Gasteiger partial charge on any atom is 0.196 e. The summed E-state index contributed by atoms with van der Waals surface area (Å²) in [5.74, 6) is -3.23. The second-order valence-corrected chi connectivity index (χ2v) is 3.80. The molecule has 2 rings (SSSR count). The molecule has 5 heteroatoms. The first-order valence-electron chi connectivity index (χ1n) is 5.36. The van der Waals surface area contributed by atoms with E-state index in [1.54, 1.807) is 0 Å². The van der Waals surface area contributed by atoms with Gasteiger partial charge in [-0.2, -0.15) is 0 Å². The van der Waals surface area contributed by atoms with Crippen LogP contribution in [0.4, 0.5) is 13.2 Å². The highest BCUT2D eigenvalue weighted by molar-refractivity contribution is 6.09. The van der Waals surface area contributed by atoms with Crippen LogP contribution in [0.25, 0.3) is 0 Å². The summed E-state index contributed by atoms with van der Waals surface area (Å²) < 4.78 is 44.4. The lowest BCUT2D eigenvalue weighted by atomic mass is 10.0. The largest absolute Gasteiger partial charge is 0.494 e. The van der Waals surface area contributed by atoms with E-state index < -0.39 is 23.2 Å². The summed E-state index contributed by atoms with van der Waals surface area (Å²) in [6.45, 7) is 0. The first kappa shape index (κ1) is 13.1. The van der Waals surface area contributed by atoms with E-state index in [4.69, 9.17) is 4.74 Å². The highest BCUT2D eigenvalue weighted by Crippen LogP contribution is 2.21. The molecule has 0 saturated carbocycles. The standard InChI is InChI=1S/C14H9F3O2/c1-19-13-5-2-8(6-12(13)17)14(18)10-4-3-9(15)7-11(10)16/h2-7H,1H3. The van der Waals surface area contributed by atoms with E-state index in [1.807, 2.05) is 0 Å². The van der Waals surface area contributed by atoms with Crippen molar-refractivity contribution < 1.29 is 22.7 Å². The van der Waals surface area contributed by atoms with Gasteiger partial charge in [0.2, 0.25) is 0 Å². The minimum atomic E-state index is -0.985. The Hall–Kier alpha value is -2.30. The number of hydrogen-bond acceptors (Lipinski definition) is 2. The maximum absolute atomic E-state index is 13.5. The molecule has 0 aromatic heterocycles. The van der Waals surface area contributed by atoms with E-state index >= 15 is 0 Å².